The normalized spacial score (nSPS) is 24.2. The van der Waals surface area contributed by atoms with Gasteiger partial charge in [-0.05, 0) is 38.1 Å². The molecule has 2 saturated heterocycles. The molecule has 2 aromatic rings. The van der Waals surface area contributed by atoms with Crippen LogP contribution in [-0.2, 0) is 17.9 Å². The minimum atomic E-state index is 0.135. The van der Waals surface area contributed by atoms with Gasteiger partial charge in [0.25, 0.3) is 0 Å². The van der Waals surface area contributed by atoms with Crippen LogP contribution in [0.25, 0.3) is 11.3 Å². The Labute approximate surface area is 157 Å². The second-order valence-corrected chi connectivity index (χ2v) is 7.89. The summed E-state index contributed by atoms with van der Waals surface area (Å²) in [7, 11) is 2.18. The lowest BCUT2D eigenvalue weighted by Crippen LogP contribution is -2.54. The van der Waals surface area contributed by atoms with Gasteiger partial charge in [-0.2, -0.15) is 5.10 Å². The molecule has 5 rings (SSSR count). The number of fused-ring (bicyclic) bond motifs is 5. The number of carbonyl (C=O) groups excluding carboxylic acids is 1. The minimum Gasteiger partial charge on any atom is -0.488 e. The molecule has 1 aromatic heterocycles. The van der Waals surface area contributed by atoms with Crippen LogP contribution >= 0.6 is 11.6 Å². The maximum Gasteiger partial charge on any atom is 0.244 e. The molecule has 2 bridgehead atoms. The van der Waals surface area contributed by atoms with Gasteiger partial charge in [0.1, 0.15) is 18.9 Å². The number of halogens is 1. The number of nitrogens with zero attached hydrogens (tertiary/aromatic N) is 4. The van der Waals surface area contributed by atoms with Crippen molar-refractivity contribution in [2.75, 3.05) is 20.1 Å². The first-order valence-electron chi connectivity index (χ1n) is 9.07. The lowest BCUT2D eigenvalue weighted by molar-refractivity contribution is -0.135. The number of aromatic nitrogens is 2. The maximum atomic E-state index is 12.9. The van der Waals surface area contributed by atoms with Crippen LogP contribution in [0.1, 0.15) is 18.4 Å². The number of benzene rings is 1. The highest BCUT2D eigenvalue weighted by Crippen LogP contribution is 2.39. The van der Waals surface area contributed by atoms with Crippen LogP contribution < -0.4 is 4.74 Å². The van der Waals surface area contributed by atoms with Crippen LogP contribution in [0, 0.1) is 0 Å². The van der Waals surface area contributed by atoms with E-state index < -0.39 is 0 Å². The van der Waals surface area contributed by atoms with Gasteiger partial charge in [0.05, 0.1) is 11.9 Å². The average molecular weight is 373 g/mol. The van der Waals surface area contributed by atoms with E-state index in [0.717, 1.165) is 35.7 Å². The third-order valence-corrected chi connectivity index (χ3v) is 6.22. The van der Waals surface area contributed by atoms with Crippen LogP contribution in [0.15, 0.2) is 24.4 Å². The molecule has 0 radical (unpaired) electrons. The lowest BCUT2D eigenvalue weighted by Gasteiger charge is -2.39. The van der Waals surface area contributed by atoms with E-state index in [4.69, 9.17) is 16.3 Å². The van der Waals surface area contributed by atoms with Crippen molar-refractivity contribution in [3.05, 3.63) is 35.0 Å². The number of likely N-dealkylation sites (tertiary alicyclic amines) is 1. The smallest absolute Gasteiger partial charge is 0.244 e. The largest absolute Gasteiger partial charge is 0.488 e. The Morgan fingerprint density at radius 1 is 1.31 bits per heavy atom. The number of hydrogen-bond donors (Lipinski definition) is 0. The molecule has 0 aliphatic carbocycles. The predicted octanol–water partition coefficient (Wildman–Crippen LogP) is 2.40. The molecule has 2 unspecified atom stereocenters. The van der Waals surface area contributed by atoms with Crippen LogP contribution in [-0.4, -0.2) is 57.7 Å². The SMILES string of the molecule is CN1C2CCC1CN(C(=O)Cn1ncc3c1-c1cc(Cl)ccc1OC3)C2. The molecule has 1 aromatic carbocycles. The first kappa shape index (κ1) is 16.1. The van der Waals surface area contributed by atoms with Crippen molar-refractivity contribution < 1.29 is 9.53 Å². The summed E-state index contributed by atoms with van der Waals surface area (Å²) in [5, 5.41) is 5.11. The summed E-state index contributed by atoms with van der Waals surface area (Å²) in [6.07, 6.45) is 4.16. The van der Waals surface area contributed by atoms with E-state index >= 15 is 0 Å². The Morgan fingerprint density at radius 2 is 2.08 bits per heavy atom. The molecule has 2 fully saturated rings. The Hall–Kier alpha value is -2.05. The monoisotopic (exact) mass is 372 g/mol. The molecule has 3 aliphatic rings. The zero-order valence-electron chi connectivity index (χ0n) is 14.7. The van der Waals surface area contributed by atoms with E-state index in [1.54, 1.807) is 10.9 Å². The van der Waals surface area contributed by atoms with E-state index in [9.17, 15) is 4.79 Å². The molecule has 26 heavy (non-hydrogen) atoms. The summed E-state index contributed by atoms with van der Waals surface area (Å²) in [5.74, 6) is 0.921. The number of likely N-dealkylation sites (N-methyl/N-ethyl adjacent to an activating group) is 1. The van der Waals surface area contributed by atoms with Crippen molar-refractivity contribution >= 4 is 17.5 Å². The van der Waals surface area contributed by atoms with Crippen molar-refractivity contribution in [3.63, 3.8) is 0 Å². The van der Waals surface area contributed by atoms with Gasteiger partial charge in [0.15, 0.2) is 0 Å². The van der Waals surface area contributed by atoms with Crippen molar-refractivity contribution in [3.8, 4) is 17.0 Å². The number of ether oxygens (including phenoxy) is 1. The van der Waals surface area contributed by atoms with Gasteiger partial charge in [-0.25, -0.2) is 0 Å². The van der Waals surface area contributed by atoms with Crippen LogP contribution in [0.4, 0.5) is 0 Å². The van der Waals surface area contributed by atoms with Crippen molar-refractivity contribution in [1.82, 2.24) is 19.6 Å². The second kappa shape index (κ2) is 5.99. The average Bonchev–Trinajstić information content (AvgIpc) is 3.10. The first-order chi connectivity index (χ1) is 12.6. The first-order valence-corrected chi connectivity index (χ1v) is 9.45. The van der Waals surface area contributed by atoms with E-state index in [-0.39, 0.29) is 12.5 Å². The standard InChI is InChI=1S/C19H21ClN4O2/c1-22-14-3-4-15(22)9-23(8-14)18(25)10-24-19-12(7-21-24)11-26-17-5-2-13(20)6-16(17)19/h2,5-7,14-15H,3-4,8-11H2,1H3. The Bertz CT molecular complexity index is 866. The van der Waals surface area contributed by atoms with E-state index in [1.807, 2.05) is 23.1 Å². The molecule has 2 atom stereocenters. The highest BCUT2D eigenvalue weighted by Gasteiger charge is 2.39. The van der Waals surface area contributed by atoms with Crippen LogP contribution in [0.3, 0.4) is 0 Å². The molecule has 4 heterocycles. The minimum absolute atomic E-state index is 0.135. The highest BCUT2D eigenvalue weighted by atomic mass is 35.5. The Kier molecular flexibility index (Phi) is 3.72. The number of rotatable bonds is 2. The summed E-state index contributed by atoms with van der Waals surface area (Å²) < 4.78 is 7.58. The third-order valence-electron chi connectivity index (χ3n) is 5.98. The number of amides is 1. The van der Waals surface area contributed by atoms with E-state index in [0.29, 0.717) is 23.7 Å². The molecule has 1 amide bonds. The molecule has 0 spiro atoms. The number of carbonyl (C=O) groups is 1. The Balaban J connectivity index is 1.41. The zero-order chi connectivity index (χ0) is 17.8. The molecular formula is C19H21ClN4O2. The van der Waals surface area contributed by atoms with Crippen molar-refractivity contribution in [1.29, 1.82) is 0 Å². The fourth-order valence-corrected chi connectivity index (χ4v) is 4.65. The number of piperazine rings is 1. The molecule has 0 saturated carbocycles. The predicted molar refractivity (Wildman–Crippen MR) is 98.2 cm³/mol. The summed E-state index contributed by atoms with van der Waals surface area (Å²) in [4.78, 5) is 17.4. The van der Waals surface area contributed by atoms with Gasteiger partial charge >= 0.3 is 0 Å². The quantitative estimate of drug-likeness (QED) is 0.812. The summed E-state index contributed by atoms with van der Waals surface area (Å²) in [6.45, 7) is 2.36. The van der Waals surface area contributed by atoms with Crippen LogP contribution in [0.2, 0.25) is 5.02 Å². The molecule has 7 heteroatoms. The van der Waals surface area contributed by atoms with Crippen LogP contribution in [0.5, 0.6) is 5.75 Å². The molecular weight excluding hydrogens is 352 g/mol. The fourth-order valence-electron chi connectivity index (χ4n) is 4.48. The highest BCUT2D eigenvalue weighted by molar-refractivity contribution is 6.31. The topological polar surface area (TPSA) is 50.6 Å². The van der Waals surface area contributed by atoms with E-state index in [2.05, 4.69) is 17.0 Å². The van der Waals surface area contributed by atoms with Gasteiger partial charge in [0.2, 0.25) is 5.91 Å². The molecule has 6 nitrogen and oxygen atoms in total. The molecule has 3 aliphatic heterocycles. The zero-order valence-corrected chi connectivity index (χ0v) is 15.4. The fraction of sp³-hybridized carbons (Fsp3) is 0.474. The van der Waals surface area contributed by atoms with Crippen molar-refractivity contribution in [2.24, 2.45) is 0 Å². The lowest BCUT2D eigenvalue weighted by atomic mass is 10.0. The van der Waals surface area contributed by atoms with E-state index in [1.165, 1.54) is 12.8 Å². The summed E-state index contributed by atoms with van der Waals surface area (Å²) in [6, 6.07) is 6.57. The second-order valence-electron chi connectivity index (χ2n) is 7.45. The maximum absolute atomic E-state index is 12.9. The van der Waals surface area contributed by atoms with Gasteiger partial charge < -0.3 is 9.64 Å². The van der Waals surface area contributed by atoms with Gasteiger partial charge in [-0.1, -0.05) is 11.6 Å². The van der Waals surface area contributed by atoms with Crippen molar-refractivity contribution in [2.45, 2.75) is 38.1 Å². The van der Waals surface area contributed by atoms with Gasteiger partial charge in [0, 0.05) is 41.3 Å². The third kappa shape index (κ3) is 2.51. The van der Waals surface area contributed by atoms with Gasteiger partial charge in [-0.15, -0.1) is 0 Å². The number of hydrogen-bond acceptors (Lipinski definition) is 4. The van der Waals surface area contributed by atoms with Gasteiger partial charge in [-0.3, -0.25) is 14.4 Å². The summed E-state index contributed by atoms with van der Waals surface area (Å²) in [5.41, 5.74) is 2.84. The summed E-state index contributed by atoms with van der Waals surface area (Å²) >= 11 is 6.18. The molecule has 136 valence electrons. The Morgan fingerprint density at radius 3 is 2.85 bits per heavy atom. The molecule has 0 N–H and O–H groups in total.